The van der Waals surface area contributed by atoms with Gasteiger partial charge in [-0.05, 0) is 50.1 Å². The number of nitrogens with zero attached hydrogens (tertiary/aromatic N) is 1. The fourth-order valence-corrected chi connectivity index (χ4v) is 2.42. The average Bonchev–Trinajstić information content (AvgIpc) is 2.85. The van der Waals surface area contributed by atoms with Gasteiger partial charge in [0.25, 0.3) is 0 Å². The van der Waals surface area contributed by atoms with Crippen LogP contribution in [-0.2, 0) is 0 Å². The molecule has 5 heteroatoms. The molecule has 1 N–H and O–H groups in total. The number of halogens is 2. The standard InChI is InChI=1S/C18H17ClN2O.ClH/c1-11-5-4-6-16(12(11)2)22-18-17(20-13(3)21-18)14-7-9-15(19)10-8-14;/h4-10H,1-3H3,(H,20,21);1H. The molecule has 1 aromatic heterocycles. The van der Waals surface area contributed by atoms with Crippen molar-refractivity contribution in [1.82, 2.24) is 9.97 Å². The zero-order chi connectivity index (χ0) is 15.7. The maximum absolute atomic E-state index is 6.05. The Hall–Kier alpha value is -1.97. The highest BCUT2D eigenvalue weighted by Gasteiger charge is 2.14. The summed E-state index contributed by atoms with van der Waals surface area (Å²) in [5.41, 5.74) is 4.16. The summed E-state index contributed by atoms with van der Waals surface area (Å²) in [7, 11) is 0. The zero-order valence-electron chi connectivity index (χ0n) is 13.2. The van der Waals surface area contributed by atoms with Gasteiger partial charge in [0, 0.05) is 10.6 Å². The first-order valence-electron chi connectivity index (χ1n) is 7.11. The molecule has 0 fully saturated rings. The molecule has 0 saturated heterocycles. The molecule has 23 heavy (non-hydrogen) atoms. The first kappa shape index (κ1) is 17.4. The van der Waals surface area contributed by atoms with E-state index in [0.717, 1.165) is 28.4 Å². The van der Waals surface area contributed by atoms with E-state index in [-0.39, 0.29) is 12.4 Å². The molecule has 0 spiro atoms. The Labute approximate surface area is 147 Å². The summed E-state index contributed by atoms with van der Waals surface area (Å²) < 4.78 is 6.05. The first-order chi connectivity index (χ1) is 10.5. The van der Waals surface area contributed by atoms with Crippen molar-refractivity contribution in [3.63, 3.8) is 0 Å². The summed E-state index contributed by atoms with van der Waals surface area (Å²) in [6.45, 7) is 6.03. The van der Waals surface area contributed by atoms with Crippen LogP contribution >= 0.6 is 24.0 Å². The summed E-state index contributed by atoms with van der Waals surface area (Å²) >= 11 is 5.96. The largest absolute Gasteiger partial charge is 0.437 e. The lowest BCUT2D eigenvalue weighted by Gasteiger charge is -2.10. The second kappa shape index (κ2) is 7.07. The van der Waals surface area contributed by atoms with Crippen LogP contribution in [0.4, 0.5) is 0 Å². The van der Waals surface area contributed by atoms with Gasteiger partial charge >= 0.3 is 0 Å². The minimum absolute atomic E-state index is 0. The molecule has 120 valence electrons. The van der Waals surface area contributed by atoms with Gasteiger partial charge in [-0.15, -0.1) is 12.4 Å². The quantitative estimate of drug-likeness (QED) is 0.642. The van der Waals surface area contributed by atoms with Crippen molar-refractivity contribution < 1.29 is 4.74 Å². The molecule has 3 rings (SSSR count). The fourth-order valence-electron chi connectivity index (χ4n) is 2.30. The van der Waals surface area contributed by atoms with E-state index in [2.05, 4.69) is 23.0 Å². The SMILES string of the molecule is Cc1nc(Oc2cccc(C)c2C)c(-c2ccc(Cl)cc2)[nH]1.Cl. The van der Waals surface area contributed by atoms with Crippen molar-refractivity contribution >= 4 is 24.0 Å². The van der Waals surface area contributed by atoms with Crippen LogP contribution in [0.1, 0.15) is 17.0 Å². The van der Waals surface area contributed by atoms with E-state index < -0.39 is 0 Å². The van der Waals surface area contributed by atoms with Crippen LogP contribution < -0.4 is 4.74 Å². The van der Waals surface area contributed by atoms with E-state index in [1.54, 1.807) is 0 Å². The van der Waals surface area contributed by atoms with Crippen LogP contribution in [0.25, 0.3) is 11.3 Å². The second-order valence-corrected chi connectivity index (χ2v) is 5.75. The lowest BCUT2D eigenvalue weighted by molar-refractivity contribution is 0.463. The smallest absolute Gasteiger partial charge is 0.245 e. The molecule has 3 aromatic rings. The second-order valence-electron chi connectivity index (χ2n) is 5.31. The summed E-state index contributed by atoms with van der Waals surface area (Å²) in [6, 6.07) is 13.6. The monoisotopic (exact) mass is 348 g/mol. The molecule has 0 aliphatic carbocycles. The van der Waals surface area contributed by atoms with Gasteiger partial charge in [0.2, 0.25) is 5.88 Å². The number of aryl methyl sites for hydroxylation is 2. The van der Waals surface area contributed by atoms with Gasteiger partial charge in [0.15, 0.2) is 0 Å². The number of H-pyrrole nitrogens is 1. The third-order valence-corrected chi connectivity index (χ3v) is 3.94. The summed E-state index contributed by atoms with van der Waals surface area (Å²) in [6.07, 6.45) is 0. The van der Waals surface area contributed by atoms with Gasteiger partial charge in [-0.25, -0.2) is 0 Å². The number of hydrogen-bond acceptors (Lipinski definition) is 2. The van der Waals surface area contributed by atoms with E-state index >= 15 is 0 Å². The molecule has 0 bridgehead atoms. The Morgan fingerprint density at radius 1 is 1.00 bits per heavy atom. The van der Waals surface area contributed by atoms with Crippen molar-refractivity contribution in [3.8, 4) is 22.9 Å². The van der Waals surface area contributed by atoms with Crippen molar-refractivity contribution in [1.29, 1.82) is 0 Å². The Morgan fingerprint density at radius 2 is 1.70 bits per heavy atom. The summed E-state index contributed by atoms with van der Waals surface area (Å²) in [5.74, 6) is 2.21. The third kappa shape index (κ3) is 3.69. The maximum Gasteiger partial charge on any atom is 0.245 e. The normalized spacial score (nSPS) is 10.3. The van der Waals surface area contributed by atoms with Gasteiger partial charge in [0.1, 0.15) is 17.3 Å². The van der Waals surface area contributed by atoms with Crippen LogP contribution in [0, 0.1) is 20.8 Å². The molecule has 0 radical (unpaired) electrons. The minimum atomic E-state index is 0. The average molecular weight is 349 g/mol. The van der Waals surface area contributed by atoms with Crippen molar-refractivity contribution in [2.24, 2.45) is 0 Å². The van der Waals surface area contributed by atoms with E-state index in [9.17, 15) is 0 Å². The number of rotatable bonds is 3. The van der Waals surface area contributed by atoms with Crippen molar-refractivity contribution in [2.45, 2.75) is 20.8 Å². The van der Waals surface area contributed by atoms with Gasteiger partial charge in [-0.1, -0.05) is 35.9 Å². The molecule has 0 atom stereocenters. The Balaban J connectivity index is 0.00000192. The van der Waals surface area contributed by atoms with Gasteiger partial charge in [-0.3, -0.25) is 0 Å². The molecule has 1 heterocycles. The number of imidazole rings is 1. The van der Waals surface area contributed by atoms with Gasteiger partial charge < -0.3 is 9.72 Å². The number of aromatic nitrogens is 2. The number of aromatic amines is 1. The Bertz CT molecular complexity index is 810. The van der Waals surface area contributed by atoms with Gasteiger partial charge in [0.05, 0.1) is 0 Å². The summed E-state index contributed by atoms with van der Waals surface area (Å²) in [5, 5.41) is 0.706. The molecule has 0 aliphatic heterocycles. The molecule has 0 amide bonds. The lowest BCUT2D eigenvalue weighted by atomic mass is 10.1. The first-order valence-corrected chi connectivity index (χ1v) is 7.49. The number of hydrogen-bond donors (Lipinski definition) is 1. The minimum Gasteiger partial charge on any atom is -0.437 e. The van der Waals surface area contributed by atoms with Crippen LogP contribution in [0.3, 0.4) is 0 Å². The van der Waals surface area contributed by atoms with Crippen LogP contribution in [-0.4, -0.2) is 9.97 Å². The van der Waals surface area contributed by atoms with Gasteiger partial charge in [-0.2, -0.15) is 4.98 Å². The van der Waals surface area contributed by atoms with Crippen LogP contribution in [0.5, 0.6) is 11.6 Å². The molecule has 0 aliphatic rings. The molecular weight excluding hydrogens is 331 g/mol. The third-order valence-electron chi connectivity index (χ3n) is 3.68. The number of benzene rings is 2. The van der Waals surface area contributed by atoms with E-state index in [0.29, 0.717) is 10.9 Å². The number of ether oxygens (including phenoxy) is 1. The zero-order valence-corrected chi connectivity index (χ0v) is 14.8. The number of nitrogens with one attached hydrogen (secondary N) is 1. The Morgan fingerprint density at radius 3 is 2.39 bits per heavy atom. The van der Waals surface area contributed by atoms with Crippen LogP contribution in [0.15, 0.2) is 42.5 Å². The van der Waals surface area contributed by atoms with E-state index in [4.69, 9.17) is 16.3 Å². The lowest BCUT2D eigenvalue weighted by Crippen LogP contribution is -1.92. The van der Waals surface area contributed by atoms with Crippen molar-refractivity contribution in [2.75, 3.05) is 0 Å². The molecule has 3 nitrogen and oxygen atoms in total. The van der Waals surface area contributed by atoms with Crippen LogP contribution in [0.2, 0.25) is 5.02 Å². The molecular formula is C18H18Cl2N2O. The van der Waals surface area contributed by atoms with E-state index in [1.807, 2.05) is 50.2 Å². The molecule has 0 saturated carbocycles. The Kier molecular flexibility index (Phi) is 5.34. The molecule has 2 aromatic carbocycles. The van der Waals surface area contributed by atoms with Crippen molar-refractivity contribution in [3.05, 3.63) is 64.4 Å². The summed E-state index contributed by atoms with van der Waals surface area (Å²) in [4.78, 5) is 7.72. The fraction of sp³-hybridized carbons (Fsp3) is 0.167. The maximum atomic E-state index is 6.05. The molecule has 0 unspecified atom stereocenters. The highest BCUT2D eigenvalue weighted by molar-refractivity contribution is 6.30. The topological polar surface area (TPSA) is 37.9 Å². The highest BCUT2D eigenvalue weighted by atomic mass is 35.5. The van der Waals surface area contributed by atoms with E-state index in [1.165, 1.54) is 5.56 Å². The highest BCUT2D eigenvalue weighted by Crippen LogP contribution is 2.33. The predicted octanol–water partition coefficient (Wildman–Crippen LogP) is 5.87. The predicted molar refractivity (Wildman–Crippen MR) is 97.0 cm³/mol.